The summed E-state index contributed by atoms with van der Waals surface area (Å²) < 4.78 is 5.79. The number of para-hydroxylation sites is 1. The molecule has 0 radical (unpaired) electrons. The van der Waals surface area contributed by atoms with Gasteiger partial charge in [-0.15, -0.1) is 0 Å². The van der Waals surface area contributed by atoms with Gasteiger partial charge in [0.05, 0.1) is 0 Å². The first-order valence-corrected chi connectivity index (χ1v) is 8.17. The summed E-state index contributed by atoms with van der Waals surface area (Å²) in [7, 11) is 0. The number of furan rings is 1. The molecule has 25 heavy (non-hydrogen) atoms. The summed E-state index contributed by atoms with van der Waals surface area (Å²) in [4.78, 5) is 12.4. The fourth-order valence-corrected chi connectivity index (χ4v) is 2.85. The third-order valence-electron chi connectivity index (χ3n) is 4.11. The predicted octanol–water partition coefficient (Wildman–Crippen LogP) is 6.04. The molecule has 0 saturated carbocycles. The number of fused-ring (bicyclic) bond motifs is 3. The Balaban J connectivity index is 1.58. The fourth-order valence-electron chi connectivity index (χ4n) is 2.85. The number of ketones is 1. The van der Waals surface area contributed by atoms with Crippen molar-refractivity contribution >= 4 is 33.8 Å². The highest BCUT2D eigenvalue weighted by molar-refractivity contribution is 6.11. The van der Waals surface area contributed by atoms with Crippen LogP contribution in [0.2, 0.25) is 0 Å². The van der Waals surface area contributed by atoms with Crippen molar-refractivity contribution in [3.63, 3.8) is 0 Å². The largest absolute Gasteiger partial charge is 0.456 e. The van der Waals surface area contributed by atoms with Crippen LogP contribution < -0.4 is 0 Å². The number of carbonyl (C=O) groups is 1. The van der Waals surface area contributed by atoms with Gasteiger partial charge in [0.1, 0.15) is 11.2 Å². The molecule has 120 valence electrons. The average molecular weight is 324 g/mol. The number of carbonyl (C=O) groups excluding carboxylic acids is 1. The van der Waals surface area contributed by atoms with Crippen LogP contribution in [0.15, 0.2) is 95.4 Å². The van der Waals surface area contributed by atoms with Crippen molar-refractivity contribution in [2.45, 2.75) is 0 Å². The van der Waals surface area contributed by atoms with E-state index in [2.05, 4.69) is 0 Å². The number of hydrogen-bond acceptors (Lipinski definition) is 2. The molecular formula is C23H16O2. The van der Waals surface area contributed by atoms with Crippen LogP contribution in [0.1, 0.15) is 15.9 Å². The smallest absolute Gasteiger partial charge is 0.185 e. The number of benzene rings is 3. The molecule has 2 heteroatoms. The predicted molar refractivity (Wildman–Crippen MR) is 103 cm³/mol. The van der Waals surface area contributed by atoms with Crippen LogP contribution in [0.25, 0.3) is 28.0 Å². The second-order valence-electron chi connectivity index (χ2n) is 5.80. The molecule has 0 spiro atoms. The van der Waals surface area contributed by atoms with Crippen LogP contribution >= 0.6 is 0 Å². The van der Waals surface area contributed by atoms with Gasteiger partial charge in [0.15, 0.2) is 5.78 Å². The van der Waals surface area contributed by atoms with Gasteiger partial charge in [-0.05, 0) is 35.9 Å². The lowest BCUT2D eigenvalue weighted by molar-refractivity contribution is 0.104. The summed E-state index contributed by atoms with van der Waals surface area (Å²) in [6, 6.07) is 23.4. The molecule has 0 aliphatic rings. The van der Waals surface area contributed by atoms with Crippen molar-refractivity contribution in [1.29, 1.82) is 0 Å². The zero-order valence-electron chi connectivity index (χ0n) is 13.6. The molecule has 2 nitrogen and oxygen atoms in total. The summed E-state index contributed by atoms with van der Waals surface area (Å²) in [5.74, 6) is -0.0232. The van der Waals surface area contributed by atoms with Gasteiger partial charge in [-0.2, -0.15) is 0 Å². The quantitative estimate of drug-likeness (QED) is 0.260. The third-order valence-corrected chi connectivity index (χ3v) is 4.11. The molecule has 4 aromatic rings. The number of allylic oxidation sites excluding steroid dienone is 3. The van der Waals surface area contributed by atoms with E-state index in [0.29, 0.717) is 5.56 Å². The van der Waals surface area contributed by atoms with E-state index < -0.39 is 0 Å². The van der Waals surface area contributed by atoms with E-state index in [-0.39, 0.29) is 5.78 Å². The highest BCUT2D eigenvalue weighted by Crippen LogP contribution is 2.29. The Labute approximate surface area is 145 Å². The van der Waals surface area contributed by atoms with Crippen LogP contribution in [-0.4, -0.2) is 5.78 Å². The first-order valence-electron chi connectivity index (χ1n) is 8.17. The van der Waals surface area contributed by atoms with E-state index >= 15 is 0 Å². The zero-order chi connectivity index (χ0) is 17.1. The summed E-state index contributed by atoms with van der Waals surface area (Å²) >= 11 is 0. The van der Waals surface area contributed by atoms with E-state index in [0.717, 1.165) is 27.5 Å². The molecule has 1 heterocycles. The third kappa shape index (κ3) is 3.15. The summed E-state index contributed by atoms with van der Waals surface area (Å²) in [5.41, 5.74) is 3.39. The SMILES string of the molecule is O=C(C=CC=Cc1ccccc1)c1ccc2oc3ccccc3c2c1. The van der Waals surface area contributed by atoms with Crippen LogP contribution in [0.3, 0.4) is 0 Å². The maximum atomic E-state index is 12.4. The summed E-state index contributed by atoms with van der Waals surface area (Å²) in [6.45, 7) is 0. The molecule has 0 aliphatic carbocycles. The minimum Gasteiger partial charge on any atom is -0.456 e. The minimum atomic E-state index is -0.0232. The Kier molecular flexibility index (Phi) is 4.01. The maximum Gasteiger partial charge on any atom is 0.185 e. The maximum absolute atomic E-state index is 12.4. The Bertz CT molecular complexity index is 1100. The van der Waals surface area contributed by atoms with E-state index in [1.807, 2.05) is 78.9 Å². The molecule has 0 aliphatic heterocycles. The second-order valence-corrected chi connectivity index (χ2v) is 5.80. The molecule has 0 saturated heterocycles. The van der Waals surface area contributed by atoms with Crippen molar-refractivity contribution in [3.8, 4) is 0 Å². The molecule has 0 unspecified atom stereocenters. The van der Waals surface area contributed by atoms with Gasteiger partial charge >= 0.3 is 0 Å². The highest BCUT2D eigenvalue weighted by atomic mass is 16.3. The lowest BCUT2D eigenvalue weighted by Gasteiger charge is -1.96. The van der Waals surface area contributed by atoms with Crippen molar-refractivity contribution in [2.24, 2.45) is 0 Å². The van der Waals surface area contributed by atoms with E-state index in [1.165, 1.54) is 0 Å². The van der Waals surface area contributed by atoms with Crippen LogP contribution in [0.4, 0.5) is 0 Å². The summed E-state index contributed by atoms with van der Waals surface area (Å²) in [6.07, 6.45) is 7.20. The van der Waals surface area contributed by atoms with Gasteiger partial charge < -0.3 is 4.42 Å². The Morgan fingerprint density at radius 2 is 1.52 bits per heavy atom. The van der Waals surface area contributed by atoms with E-state index in [9.17, 15) is 4.79 Å². The topological polar surface area (TPSA) is 30.2 Å². The fraction of sp³-hybridized carbons (Fsp3) is 0. The van der Waals surface area contributed by atoms with E-state index in [1.54, 1.807) is 18.2 Å². The first-order chi connectivity index (χ1) is 12.3. The molecule has 0 bridgehead atoms. The Morgan fingerprint density at radius 1 is 0.760 bits per heavy atom. The lowest BCUT2D eigenvalue weighted by Crippen LogP contribution is -1.93. The zero-order valence-corrected chi connectivity index (χ0v) is 13.6. The standard InChI is InChI=1S/C23H16O2/c24-21(12-6-4-10-17-8-2-1-3-9-17)18-14-15-23-20(16-18)19-11-5-7-13-22(19)25-23/h1-16H. The minimum absolute atomic E-state index is 0.0232. The normalized spacial score (nSPS) is 11.8. The van der Waals surface area contributed by atoms with Crippen molar-refractivity contribution in [3.05, 3.63) is 102 Å². The lowest BCUT2D eigenvalue weighted by atomic mass is 10.1. The van der Waals surface area contributed by atoms with Crippen LogP contribution in [0, 0.1) is 0 Å². The molecule has 0 amide bonds. The van der Waals surface area contributed by atoms with Crippen LogP contribution in [-0.2, 0) is 0 Å². The van der Waals surface area contributed by atoms with Crippen molar-refractivity contribution in [2.75, 3.05) is 0 Å². The molecule has 0 atom stereocenters. The van der Waals surface area contributed by atoms with Gasteiger partial charge in [-0.3, -0.25) is 4.79 Å². The number of rotatable bonds is 4. The van der Waals surface area contributed by atoms with Crippen molar-refractivity contribution in [1.82, 2.24) is 0 Å². The Morgan fingerprint density at radius 3 is 2.40 bits per heavy atom. The van der Waals surface area contributed by atoms with Gasteiger partial charge in [0.2, 0.25) is 0 Å². The number of hydrogen-bond donors (Lipinski definition) is 0. The molecule has 1 aromatic heterocycles. The monoisotopic (exact) mass is 324 g/mol. The van der Waals surface area contributed by atoms with Crippen LogP contribution in [0.5, 0.6) is 0 Å². The van der Waals surface area contributed by atoms with Crippen molar-refractivity contribution < 1.29 is 9.21 Å². The molecule has 4 rings (SSSR count). The molecular weight excluding hydrogens is 308 g/mol. The molecule has 0 fully saturated rings. The average Bonchev–Trinajstić information content (AvgIpc) is 3.04. The summed E-state index contributed by atoms with van der Waals surface area (Å²) in [5, 5.41) is 2.00. The van der Waals surface area contributed by atoms with Gasteiger partial charge in [-0.1, -0.05) is 66.8 Å². The van der Waals surface area contributed by atoms with Gasteiger partial charge in [0.25, 0.3) is 0 Å². The van der Waals surface area contributed by atoms with E-state index in [4.69, 9.17) is 4.42 Å². The Hall–Kier alpha value is -3.39. The van der Waals surface area contributed by atoms with Gasteiger partial charge in [-0.25, -0.2) is 0 Å². The first kappa shape index (κ1) is 15.2. The highest BCUT2D eigenvalue weighted by Gasteiger charge is 2.09. The molecule has 3 aromatic carbocycles. The molecule has 0 N–H and O–H groups in total. The second kappa shape index (κ2) is 6.62. The van der Waals surface area contributed by atoms with Gasteiger partial charge in [0, 0.05) is 16.3 Å².